The highest BCUT2D eigenvalue weighted by Crippen LogP contribution is 2.46. The first-order valence-corrected chi connectivity index (χ1v) is 9.94. The maximum absolute atomic E-state index is 5.96. The van der Waals surface area contributed by atoms with E-state index in [4.69, 9.17) is 9.47 Å². The second kappa shape index (κ2) is 8.55. The Morgan fingerprint density at radius 1 is 1.12 bits per heavy atom. The van der Waals surface area contributed by atoms with Crippen LogP contribution in [0.1, 0.15) is 66.4 Å². The maximum Gasteiger partial charge on any atom is 0.119 e. The summed E-state index contributed by atoms with van der Waals surface area (Å²) in [6.07, 6.45) is 3.87. The van der Waals surface area contributed by atoms with Gasteiger partial charge in [0.1, 0.15) is 12.3 Å². The fraction of sp³-hybridized carbons (Fsp3) is 0.727. The first-order chi connectivity index (χ1) is 11.7. The Hall–Kier alpha value is -1.06. The van der Waals surface area contributed by atoms with Gasteiger partial charge < -0.3 is 14.8 Å². The number of quaternary nitrogens is 1. The SMILES string of the molecule is CC(C)Oc1ccc(C[NH2+]CC[C@@]2(C(C)C)CCOC(C)(C)C2)cc1. The van der Waals surface area contributed by atoms with Gasteiger partial charge in [-0.05, 0) is 76.1 Å². The molecule has 0 aromatic heterocycles. The molecule has 1 aliphatic heterocycles. The van der Waals surface area contributed by atoms with Crippen LogP contribution in [0, 0.1) is 11.3 Å². The van der Waals surface area contributed by atoms with Gasteiger partial charge in [-0.1, -0.05) is 13.8 Å². The highest BCUT2D eigenvalue weighted by atomic mass is 16.5. The molecule has 0 radical (unpaired) electrons. The Morgan fingerprint density at radius 3 is 2.36 bits per heavy atom. The van der Waals surface area contributed by atoms with Crippen molar-refractivity contribution in [3.8, 4) is 5.75 Å². The number of nitrogens with two attached hydrogens (primary N) is 1. The van der Waals surface area contributed by atoms with Gasteiger partial charge in [-0.15, -0.1) is 0 Å². The van der Waals surface area contributed by atoms with E-state index in [2.05, 4.69) is 71.1 Å². The van der Waals surface area contributed by atoms with E-state index in [1.807, 2.05) is 0 Å². The molecule has 3 heteroatoms. The van der Waals surface area contributed by atoms with Crippen LogP contribution in [0.2, 0.25) is 0 Å². The second-order valence-corrected chi connectivity index (χ2v) is 8.89. The van der Waals surface area contributed by atoms with Crippen LogP contribution in [-0.4, -0.2) is 24.9 Å². The summed E-state index contributed by atoms with van der Waals surface area (Å²) in [5.41, 5.74) is 1.81. The molecule has 25 heavy (non-hydrogen) atoms. The van der Waals surface area contributed by atoms with Crippen molar-refractivity contribution >= 4 is 0 Å². The molecule has 0 bridgehead atoms. The molecule has 0 saturated carbocycles. The molecule has 1 aromatic rings. The van der Waals surface area contributed by atoms with E-state index in [0.717, 1.165) is 18.9 Å². The smallest absolute Gasteiger partial charge is 0.119 e. The fourth-order valence-corrected chi connectivity index (χ4v) is 4.15. The largest absolute Gasteiger partial charge is 0.491 e. The van der Waals surface area contributed by atoms with Gasteiger partial charge in [0.25, 0.3) is 0 Å². The molecule has 0 spiro atoms. The van der Waals surface area contributed by atoms with Crippen molar-refractivity contribution in [3.63, 3.8) is 0 Å². The van der Waals surface area contributed by atoms with Crippen LogP contribution in [0.5, 0.6) is 5.75 Å². The van der Waals surface area contributed by atoms with Gasteiger partial charge in [-0.25, -0.2) is 0 Å². The van der Waals surface area contributed by atoms with Crippen molar-refractivity contribution in [1.82, 2.24) is 0 Å². The average Bonchev–Trinajstić information content (AvgIpc) is 2.51. The molecule has 142 valence electrons. The Balaban J connectivity index is 1.82. The quantitative estimate of drug-likeness (QED) is 0.716. The minimum absolute atomic E-state index is 0.0226. The summed E-state index contributed by atoms with van der Waals surface area (Å²) in [4.78, 5) is 0. The minimum atomic E-state index is 0.0226. The first-order valence-electron chi connectivity index (χ1n) is 9.94. The number of benzene rings is 1. The summed E-state index contributed by atoms with van der Waals surface area (Å²) < 4.78 is 11.7. The lowest BCUT2D eigenvalue weighted by atomic mass is 9.65. The predicted molar refractivity (Wildman–Crippen MR) is 104 cm³/mol. The Labute approximate surface area is 154 Å². The highest BCUT2D eigenvalue weighted by Gasteiger charge is 2.42. The van der Waals surface area contributed by atoms with Crippen molar-refractivity contribution in [2.24, 2.45) is 11.3 Å². The van der Waals surface area contributed by atoms with Crippen molar-refractivity contribution in [2.75, 3.05) is 13.2 Å². The molecule has 0 unspecified atom stereocenters. The Kier molecular flexibility index (Phi) is 6.93. The average molecular weight is 349 g/mol. The standard InChI is InChI=1S/C22H37NO2/c1-17(2)22(12-14-24-21(5,6)16-22)11-13-23-15-19-7-9-20(10-8-19)25-18(3)4/h7-10,17-18,23H,11-16H2,1-6H3/p+1/t22-/m1/s1. The fourth-order valence-electron chi connectivity index (χ4n) is 4.15. The third-order valence-corrected chi connectivity index (χ3v) is 5.62. The molecule has 1 aromatic carbocycles. The van der Waals surface area contributed by atoms with Gasteiger partial charge in [0.05, 0.1) is 18.2 Å². The number of rotatable bonds is 8. The third kappa shape index (κ3) is 6.00. The van der Waals surface area contributed by atoms with Gasteiger partial charge in [-0.2, -0.15) is 0 Å². The summed E-state index contributed by atoms with van der Waals surface area (Å²) >= 11 is 0. The second-order valence-electron chi connectivity index (χ2n) is 8.89. The first kappa shape index (κ1) is 20.3. The summed E-state index contributed by atoms with van der Waals surface area (Å²) in [6, 6.07) is 8.54. The number of ether oxygens (including phenoxy) is 2. The molecule has 1 aliphatic rings. The topological polar surface area (TPSA) is 35.1 Å². The van der Waals surface area contributed by atoms with E-state index in [1.165, 1.54) is 31.4 Å². The summed E-state index contributed by atoms with van der Waals surface area (Å²) in [5.74, 6) is 1.67. The molecule has 0 aliphatic carbocycles. The zero-order valence-corrected chi connectivity index (χ0v) is 17.1. The zero-order chi connectivity index (χ0) is 18.5. The molecule has 1 heterocycles. The minimum Gasteiger partial charge on any atom is -0.491 e. The molecule has 2 N–H and O–H groups in total. The van der Waals surface area contributed by atoms with Crippen molar-refractivity contribution < 1.29 is 14.8 Å². The Bertz CT molecular complexity index is 521. The van der Waals surface area contributed by atoms with Gasteiger partial charge in [0, 0.05) is 18.6 Å². The molecule has 1 saturated heterocycles. The van der Waals surface area contributed by atoms with Crippen LogP contribution in [-0.2, 0) is 11.3 Å². The van der Waals surface area contributed by atoms with Crippen molar-refractivity contribution in [2.45, 2.75) is 79.1 Å². The number of hydrogen-bond donors (Lipinski definition) is 1. The highest BCUT2D eigenvalue weighted by molar-refractivity contribution is 5.26. The van der Waals surface area contributed by atoms with E-state index in [0.29, 0.717) is 11.3 Å². The molecule has 0 amide bonds. The molecule has 3 nitrogen and oxygen atoms in total. The summed E-state index contributed by atoms with van der Waals surface area (Å²) in [7, 11) is 0. The van der Waals surface area contributed by atoms with E-state index < -0.39 is 0 Å². The molecular weight excluding hydrogens is 310 g/mol. The lowest BCUT2D eigenvalue weighted by Gasteiger charge is -2.47. The molecule has 1 atom stereocenters. The molecule has 2 rings (SSSR count). The van der Waals surface area contributed by atoms with Crippen LogP contribution in [0.25, 0.3) is 0 Å². The van der Waals surface area contributed by atoms with Crippen molar-refractivity contribution in [3.05, 3.63) is 29.8 Å². The molecular formula is C22H38NO2+. The predicted octanol–water partition coefficient (Wildman–Crippen LogP) is 4.16. The van der Waals surface area contributed by atoms with E-state index in [-0.39, 0.29) is 11.7 Å². The van der Waals surface area contributed by atoms with Gasteiger partial charge in [0.2, 0.25) is 0 Å². The Morgan fingerprint density at radius 2 is 1.80 bits per heavy atom. The van der Waals surface area contributed by atoms with Crippen LogP contribution in [0.3, 0.4) is 0 Å². The normalized spacial score (nSPS) is 23.2. The van der Waals surface area contributed by atoms with Crippen LogP contribution in [0.4, 0.5) is 0 Å². The van der Waals surface area contributed by atoms with Gasteiger partial charge in [0.15, 0.2) is 0 Å². The van der Waals surface area contributed by atoms with Crippen LogP contribution >= 0.6 is 0 Å². The third-order valence-electron chi connectivity index (χ3n) is 5.62. The van der Waals surface area contributed by atoms with Crippen LogP contribution in [0.15, 0.2) is 24.3 Å². The van der Waals surface area contributed by atoms with E-state index in [9.17, 15) is 0 Å². The van der Waals surface area contributed by atoms with Gasteiger partial charge >= 0.3 is 0 Å². The molecule has 1 fully saturated rings. The van der Waals surface area contributed by atoms with E-state index in [1.54, 1.807) is 0 Å². The van der Waals surface area contributed by atoms with E-state index >= 15 is 0 Å². The zero-order valence-electron chi connectivity index (χ0n) is 17.1. The number of hydrogen-bond acceptors (Lipinski definition) is 2. The maximum atomic E-state index is 5.96. The summed E-state index contributed by atoms with van der Waals surface area (Å²) in [6.45, 7) is 16.5. The monoisotopic (exact) mass is 348 g/mol. The van der Waals surface area contributed by atoms with Crippen LogP contribution < -0.4 is 10.1 Å². The van der Waals surface area contributed by atoms with Gasteiger partial charge in [-0.3, -0.25) is 0 Å². The van der Waals surface area contributed by atoms with Crippen molar-refractivity contribution in [1.29, 1.82) is 0 Å². The lowest BCUT2D eigenvalue weighted by molar-refractivity contribution is -0.672. The summed E-state index contributed by atoms with van der Waals surface area (Å²) in [5, 5.41) is 2.45. The lowest BCUT2D eigenvalue weighted by Crippen LogP contribution is -2.83.